The number of phenols is 3. The molecule has 13 heteroatoms. The summed E-state index contributed by atoms with van der Waals surface area (Å²) in [5.74, 6) is 0.289. The van der Waals surface area contributed by atoms with Gasteiger partial charge >= 0.3 is 0 Å². The van der Waals surface area contributed by atoms with E-state index >= 15 is 0 Å². The van der Waals surface area contributed by atoms with Gasteiger partial charge in [-0.15, -0.1) is 0 Å². The Hall–Kier alpha value is -1.60. The Balaban J connectivity index is 0.000000257. The van der Waals surface area contributed by atoms with Gasteiger partial charge in [-0.3, -0.25) is 14.4 Å². The number of phenolic OH excluding ortho intramolecular Hbond substituents is 3. The number of aromatic hydroxyl groups is 3. The van der Waals surface area contributed by atoms with Gasteiger partial charge in [-0.25, -0.2) is 0 Å². The van der Waals surface area contributed by atoms with Crippen LogP contribution in [0.5, 0.6) is 17.2 Å². The molecule has 0 spiro atoms. The maximum absolute atomic E-state index is 12.3. The van der Waals surface area contributed by atoms with Crippen LogP contribution >= 0.6 is 147 Å². The van der Waals surface area contributed by atoms with E-state index in [4.69, 9.17) is 11.6 Å². The summed E-state index contributed by atoms with van der Waals surface area (Å²) in [7, 11) is 0. The fourth-order valence-electron chi connectivity index (χ4n) is 6.56. The first-order valence-electron chi connectivity index (χ1n) is 20.3. The number of hydrogen-bond acceptors (Lipinski definition) is 6. The second kappa shape index (κ2) is 28.8. The number of ketones is 3. The second-order valence-corrected chi connectivity index (χ2v) is 22.9. The van der Waals surface area contributed by atoms with E-state index in [1.807, 2.05) is 72.0 Å². The molecule has 0 saturated carbocycles. The van der Waals surface area contributed by atoms with Crippen LogP contribution in [0.3, 0.4) is 0 Å². The second-order valence-electron chi connectivity index (χ2n) is 15.3. The summed E-state index contributed by atoms with van der Waals surface area (Å²) in [5, 5.41) is 30.8. The maximum Gasteiger partial charge on any atom is 0.166 e. The highest BCUT2D eigenvalue weighted by molar-refractivity contribution is 14.1. The minimum absolute atomic E-state index is 0. The highest BCUT2D eigenvalue weighted by atomic mass is 127. The number of halogens is 7. The van der Waals surface area contributed by atoms with Gasteiger partial charge in [0.15, 0.2) is 17.3 Å². The molecular weight excluding hydrogens is 1520 g/mol. The molecule has 0 amide bonds. The average molecular weight is 1570 g/mol. The van der Waals surface area contributed by atoms with Crippen LogP contribution in [0, 0.1) is 42.2 Å². The first-order chi connectivity index (χ1) is 30.3. The van der Waals surface area contributed by atoms with E-state index in [1.54, 1.807) is 18.2 Å². The molecule has 0 aromatic heterocycles. The topological polar surface area (TPSA) is 112 Å². The van der Waals surface area contributed by atoms with Gasteiger partial charge in [-0.05, 0) is 260 Å². The lowest BCUT2D eigenvalue weighted by atomic mass is 10.0. The maximum atomic E-state index is 12.3. The molecule has 0 saturated heterocycles. The zero-order chi connectivity index (χ0) is 47.1. The molecule has 0 fully saturated rings. The molecule has 0 aliphatic rings. The Morgan fingerprint density at radius 1 is 0.462 bits per heavy atom. The predicted molar refractivity (Wildman–Crippen MR) is 318 cm³/mol. The minimum Gasteiger partial charge on any atom is -0.506 e. The summed E-state index contributed by atoms with van der Waals surface area (Å²) in [6.45, 7) is 6.13. The predicted octanol–water partition coefficient (Wildman–Crippen LogP) is 16.6. The molecule has 0 radical (unpaired) electrons. The Bertz CT molecular complexity index is 2600. The third-order valence-corrected chi connectivity index (χ3v) is 14.7. The molecule has 6 aromatic rings. The highest BCUT2D eigenvalue weighted by Crippen LogP contribution is 2.31. The van der Waals surface area contributed by atoms with E-state index in [0.717, 1.165) is 66.1 Å². The van der Waals surface area contributed by atoms with Gasteiger partial charge in [0.05, 0.1) is 27.4 Å². The van der Waals surface area contributed by atoms with Crippen LogP contribution in [0.4, 0.5) is 0 Å². The van der Waals surface area contributed by atoms with Crippen molar-refractivity contribution in [1.29, 1.82) is 0 Å². The zero-order valence-corrected chi connectivity index (χ0v) is 49.1. The van der Waals surface area contributed by atoms with E-state index in [9.17, 15) is 29.7 Å². The van der Waals surface area contributed by atoms with E-state index in [-0.39, 0.29) is 42.0 Å². The number of carbonyl (C=O) groups is 3. The lowest BCUT2D eigenvalue weighted by Gasteiger charge is -2.08. The van der Waals surface area contributed by atoms with Crippen molar-refractivity contribution in [1.82, 2.24) is 0 Å². The molecule has 6 rings (SSSR count). The third-order valence-electron chi connectivity index (χ3n) is 9.99. The summed E-state index contributed by atoms with van der Waals surface area (Å²) in [6.07, 6.45) is 6.13. The SMILES string of the molecule is C.Cc1ccc(CCCC(=O)c2cc(I)cc(I)c2O)c(Cl)c1.Cc1ccc(CCCC(=O)c2cc(I)cc(I)c2O)cc1.Cc1cccc(CCCC(=O)c2cc(I)cc(I)c2O)c1. The van der Waals surface area contributed by atoms with Gasteiger partial charge < -0.3 is 15.3 Å². The van der Waals surface area contributed by atoms with E-state index in [2.05, 4.69) is 169 Å². The van der Waals surface area contributed by atoms with Crippen LogP contribution in [0.25, 0.3) is 0 Å². The van der Waals surface area contributed by atoms with Gasteiger partial charge in [0.1, 0.15) is 17.2 Å². The number of rotatable bonds is 15. The standard InChI is InChI=1S/C17H15ClI2O2.2C17H16I2O2.CH4/c1-10-5-6-11(14(18)7-10)3-2-4-16(21)13-8-12(19)9-15(20)17(13)22;1-11-4-2-5-12(8-11)6-3-7-16(20)14-9-13(18)10-15(19)17(14)21;1-11-5-7-12(8-6-11)3-2-4-16(20)14-9-13(18)10-15(19)17(14)21;/h5-9,22H,2-4H2,1H3;2,4-5,8-10,21H,3,6-7H2,1H3;5-10,21H,2-4H2,1H3;1H4. The molecule has 0 aliphatic heterocycles. The number of carbonyl (C=O) groups excluding carboxylic acids is 3. The highest BCUT2D eigenvalue weighted by Gasteiger charge is 2.17. The Labute approximate surface area is 470 Å². The number of aryl methyl sites for hydroxylation is 6. The molecule has 0 heterocycles. The molecule has 3 N–H and O–H groups in total. The molecule has 65 heavy (non-hydrogen) atoms. The fourth-order valence-corrected chi connectivity index (χ4v) is 12.4. The molecule has 6 aromatic carbocycles. The van der Waals surface area contributed by atoms with Crippen molar-refractivity contribution < 1.29 is 29.7 Å². The Morgan fingerprint density at radius 2 is 0.846 bits per heavy atom. The van der Waals surface area contributed by atoms with E-state index in [1.165, 1.54) is 22.3 Å². The van der Waals surface area contributed by atoms with Crippen molar-refractivity contribution >= 4 is 164 Å². The first-order valence-corrected chi connectivity index (χ1v) is 27.2. The Kier molecular flexibility index (Phi) is 25.6. The average Bonchev–Trinajstić information content (AvgIpc) is 3.23. The smallest absolute Gasteiger partial charge is 0.166 e. The van der Waals surface area contributed by atoms with Crippen LogP contribution in [-0.4, -0.2) is 32.7 Å². The molecule has 0 bridgehead atoms. The van der Waals surface area contributed by atoms with Crippen LogP contribution in [-0.2, 0) is 19.3 Å². The lowest BCUT2D eigenvalue weighted by Crippen LogP contribution is -2.02. The summed E-state index contributed by atoms with van der Waals surface area (Å²) in [5.41, 5.74) is 8.46. The van der Waals surface area contributed by atoms with Gasteiger partial charge in [0.2, 0.25) is 0 Å². The number of Topliss-reactive ketones (excluding diaryl/α,β-unsaturated/α-hetero) is 3. The Morgan fingerprint density at radius 3 is 1.26 bits per heavy atom. The first kappa shape index (κ1) is 57.7. The normalized spacial score (nSPS) is 10.5. The van der Waals surface area contributed by atoms with Crippen molar-refractivity contribution in [2.75, 3.05) is 0 Å². The number of benzene rings is 6. The molecule has 344 valence electrons. The van der Waals surface area contributed by atoms with Crippen LogP contribution < -0.4 is 0 Å². The largest absolute Gasteiger partial charge is 0.506 e. The van der Waals surface area contributed by atoms with Crippen molar-refractivity contribution in [2.45, 2.75) is 86.0 Å². The van der Waals surface area contributed by atoms with E-state index < -0.39 is 0 Å². The fraction of sp³-hybridized carbons (Fsp3) is 0.250. The van der Waals surface area contributed by atoms with E-state index in [0.29, 0.717) is 45.9 Å². The molecular formula is C52H51ClI6O6. The minimum atomic E-state index is -0.0304. The summed E-state index contributed by atoms with van der Waals surface area (Å²) in [4.78, 5) is 36.8. The monoisotopic (exact) mass is 1570 g/mol. The van der Waals surface area contributed by atoms with Crippen molar-refractivity contribution in [3.63, 3.8) is 0 Å². The quantitative estimate of drug-likeness (QED) is 0.0698. The van der Waals surface area contributed by atoms with Crippen molar-refractivity contribution in [3.8, 4) is 17.2 Å². The van der Waals surface area contributed by atoms with Crippen LogP contribution in [0.15, 0.2) is 103 Å². The van der Waals surface area contributed by atoms with Crippen molar-refractivity contribution in [3.05, 3.63) is 180 Å². The molecule has 0 unspecified atom stereocenters. The molecule has 0 atom stereocenters. The zero-order valence-electron chi connectivity index (χ0n) is 35.4. The van der Waals surface area contributed by atoms with Gasteiger partial charge in [0.25, 0.3) is 0 Å². The number of hydrogen-bond donors (Lipinski definition) is 3. The van der Waals surface area contributed by atoms with Crippen LogP contribution in [0.1, 0.15) is 110 Å². The van der Waals surface area contributed by atoms with Gasteiger partial charge in [-0.1, -0.05) is 90.8 Å². The summed E-state index contributed by atoms with van der Waals surface area (Å²) >= 11 is 18.8. The van der Waals surface area contributed by atoms with Crippen LogP contribution in [0.2, 0.25) is 5.02 Å². The molecule has 6 nitrogen and oxygen atoms in total. The van der Waals surface area contributed by atoms with Crippen molar-refractivity contribution in [2.24, 2.45) is 0 Å². The molecule has 0 aliphatic carbocycles. The third kappa shape index (κ3) is 19.0. The van der Waals surface area contributed by atoms with Gasteiger partial charge in [-0.2, -0.15) is 0 Å². The summed E-state index contributed by atoms with van der Waals surface area (Å²) < 4.78 is 5.04. The summed E-state index contributed by atoms with van der Waals surface area (Å²) in [6, 6.07) is 33.5. The lowest BCUT2D eigenvalue weighted by molar-refractivity contribution is 0.0969. The van der Waals surface area contributed by atoms with Gasteiger partial charge in [0, 0.05) is 35.0 Å².